The summed E-state index contributed by atoms with van der Waals surface area (Å²) >= 11 is 0. The fourth-order valence-electron chi connectivity index (χ4n) is 1.03. The Morgan fingerprint density at radius 2 is 2.17 bits per heavy atom. The van der Waals surface area contributed by atoms with Gasteiger partial charge >= 0.3 is 5.97 Å². The van der Waals surface area contributed by atoms with Crippen LogP contribution < -0.4 is 0 Å². The minimum Gasteiger partial charge on any atom is -0.481 e. The summed E-state index contributed by atoms with van der Waals surface area (Å²) in [6, 6.07) is 0. The molecule has 0 fully saturated rings. The lowest BCUT2D eigenvalue weighted by Crippen LogP contribution is -2.23. The number of carbonyl (C=O) groups is 1. The van der Waals surface area contributed by atoms with Crippen LogP contribution in [0.5, 0.6) is 0 Å². The summed E-state index contributed by atoms with van der Waals surface area (Å²) in [6.45, 7) is 1.99. The second-order valence-electron chi connectivity index (χ2n) is 2.79. The van der Waals surface area contributed by atoms with Gasteiger partial charge in [-0.3, -0.25) is 4.79 Å². The zero-order valence-electron chi connectivity index (χ0n) is 7.49. The highest BCUT2D eigenvalue weighted by molar-refractivity contribution is 5.69. The molecule has 0 saturated heterocycles. The van der Waals surface area contributed by atoms with Gasteiger partial charge in [-0.2, -0.15) is 0 Å². The summed E-state index contributed by atoms with van der Waals surface area (Å²) in [6.07, 6.45) is 0.131. The molecule has 72 valence electrons. The third kappa shape index (κ3) is 4.31. The highest BCUT2D eigenvalue weighted by atomic mass is 16.5. The van der Waals surface area contributed by atoms with Crippen LogP contribution in [-0.4, -0.2) is 36.0 Å². The fraction of sp³-hybridized carbons (Fsp3) is 0.875. The zero-order valence-corrected chi connectivity index (χ0v) is 7.49. The molecule has 0 aliphatic heterocycles. The molecule has 0 amide bonds. The second-order valence-corrected chi connectivity index (χ2v) is 2.79. The average molecular weight is 176 g/mol. The first-order valence-electron chi connectivity index (χ1n) is 4.01. The van der Waals surface area contributed by atoms with E-state index in [-0.39, 0.29) is 13.0 Å². The van der Waals surface area contributed by atoms with Crippen molar-refractivity contribution in [2.45, 2.75) is 25.9 Å². The minimum absolute atomic E-state index is 0.198. The van der Waals surface area contributed by atoms with Crippen LogP contribution in [-0.2, 0) is 9.53 Å². The topological polar surface area (TPSA) is 66.8 Å². The van der Waals surface area contributed by atoms with Crippen molar-refractivity contribution >= 4 is 5.97 Å². The maximum absolute atomic E-state index is 10.5. The lowest BCUT2D eigenvalue weighted by molar-refractivity contribution is -0.143. The summed E-state index contributed by atoms with van der Waals surface area (Å²) in [7, 11) is 1.48. The Hall–Kier alpha value is -0.610. The van der Waals surface area contributed by atoms with Gasteiger partial charge in [0.05, 0.1) is 18.6 Å². The summed E-state index contributed by atoms with van der Waals surface area (Å²) < 4.78 is 4.69. The van der Waals surface area contributed by atoms with Crippen molar-refractivity contribution < 1.29 is 19.7 Å². The van der Waals surface area contributed by atoms with E-state index in [1.165, 1.54) is 7.11 Å². The molecule has 4 heteroatoms. The van der Waals surface area contributed by atoms with E-state index >= 15 is 0 Å². The van der Waals surface area contributed by atoms with Gasteiger partial charge in [-0.15, -0.1) is 0 Å². The van der Waals surface area contributed by atoms with E-state index in [0.717, 1.165) is 0 Å². The van der Waals surface area contributed by atoms with Crippen LogP contribution in [0.2, 0.25) is 0 Å². The Balaban J connectivity index is 3.77. The van der Waals surface area contributed by atoms with Crippen LogP contribution in [0.4, 0.5) is 0 Å². The molecule has 2 atom stereocenters. The summed E-state index contributed by atoms with van der Waals surface area (Å²) in [5, 5.41) is 17.8. The molecule has 0 heterocycles. The summed E-state index contributed by atoms with van der Waals surface area (Å²) in [5.74, 6) is -1.32. The Labute approximate surface area is 72.2 Å². The normalized spacial score (nSPS) is 15.6. The molecule has 4 nitrogen and oxygen atoms in total. The molecule has 0 radical (unpaired) electrons. The predicted molar refractivity (Wildman–Crippen MR) is 43.9 cm³/mol. The first-order valence-corrected chi connectivity index (χ1v) is 4.01. The Bertz CT molecular complexity index is 135. The van der Waals surface area contributed by atoms with Crippen molar-refractivity contribution in [2.75, 3.05) is 13.7 Å². The number of hydrogen-bond donors (Lipinski definition) is 2. The minimum atomic E-state index is -0.854. The van der Waals surface area contributed by atoms with Crippen LogP contribution >= 0.6 is 0 Å². The Morgan fingerprint density at radius 1 is 1.58 bits per heavy atom. The maximum atomic E-state index is 10.5. The Kier molecular flexibility index (Phi) is 5.66. The van der Waals surface area contributed by atoms with Crippen molar-refractivity contribution in [3.05, 3.63) is 0 Å². The average Bonchev–Trinajstić information content (AvgIpc) is 2.00. The quantitative estimate of drug-likeness (QED) is 0.618. The SMILES string of the molecule is CCC(CC(O)COC)C(=O)O. The Morgan fingerprint density at radius 3 is 2.50 bits per heavy atom. The first kappa shape index (κ1) is 11.4. The van der Waals surface area contributed by atoms with E-state index < -0.39 is 18.0 Å². The van der Waals surface area contributed by atoms with Crippen LogP contribution in [0, 0.1) is 5.92 Å². The van der Waals surface area contributed by atoms with Crippen molar-refractivity contribution in [3.8, 4) is 0 Å². The molecular formula is C8H16O4. The molecule has 2 N–H and O–H groups in total. The van der Waals surface area contributed by atoms with E-state index in [1.54, 1.807) is 6.92 Å². The largest absolute Gasteiger partial charge is 0.481 e. The molecule has 0 spiro atoms. The van der Waals surface area contributed by atoms with Crippen LogP contribution in [0.1, 0.15) is 19.8 Å². The first-order chi connectivity index (χ1) is 5.61. The number of aliphatic carboxylic acids is 1. The second kappa shape index (κ2) is 5.97. The van der Waals surface area contributed by atoms with E-state index in [2.05, 4.69) is 4.74 Å². The van der Waals surface area contributed by atoms with Crippen LogP contribution in [0.25, 0.3) is 0 Å². The molecule has 0 aliphatic rings. The highest BCUT2D eigenvalue weighted by Crippen LogP contribution is 2.11. The smallest absolute Gasteiger partial charge is 0.306 e. The number of carboxylic acids is 1. The third-order valence-corrected chi connectivity index (χ3v) is 1.76. The van der Waals surface area contributed by atoms with Crippen LogP contribution in [0.15, 0.2) is 0 Å². The summed E-state index contributed by atoms with van der Waals surface area (Å²) in [5.41, 5.74) is 0. The fourth-order valence-corrected chi connectivity index (χ4v) is 1.03. The highest BCUT2D eigenvalue weighted by Gasteiger charge is 2.18. The standard InChI is InChI=1S/C8H16O4/c1-3-6(8(10)11)4-7(9)5-12-2/h6-7,9H,3-5H2,1-2H3,(H,10,11). The monoisotopic (exact) mass is 176 g/mol. The molecule has 0 bridgehead atoms. The van der Waals surface area contributed by atoms with Crippen molar-refractivity contribution in [1.82, 2.24) is 0 Å². The third-order valence-electron chi connectivity index (χ3n) is 1.76. The number of ether oxygens (including phenoxy) is 1. The van der Waals surface area contributed by atoms with Crippen LogP contribution in [0.3, 0.4) is 0 Å². The molecule has 2 unspecified atom stereocenters. The number of hydrogen-bond acceptors (Lipinski definition) is 3. The zero-order chi connectivity index (χ0) is 9.56. The van der Waals surface area contributed by atoms with Gasteiger partial charge in [0, 0.05) is 7.11 Å². The van der Waals surface area contributed by atoms with E-state index in [0.29, 0.717) is 6.42 Å². The van der Waals surface area contributed by atoms with Gasteiger partial charge < -0.3 is 14.9 Å². The number of rotatable bonds is 6. The van der Waals surface area contributed by atoms with E-state index in [9.17, 15) is 9.90 Å². The van der Waals surface area contributed by atoms with Gasteiger partial charge in [-0.05, 0) is 12.8 Å². The molecule has 0 saturated carbocycles. The molecule has 12 heavy (non-hydrogen) atoms. The van der Waals surface area contributed by atoms with Crippen molar-refractivity contribution in [2.24, 2.45) is 5.92 Å². The van der Waals surface area contributed by atoms with Crippen molar-refractivity contribution in [3.63, 3.8) is 0 Å². The predicted octanol–water partition coefficient (Wildman–Crippen LogP) is 0.495. The number of carboxylic acid groups (broad SMARTS) is 1. The van der Waals surface area contributed by atoms with E-state index in [4.69, 9.17) is 5.11 Å². The lowest BCUT2D eigenvalue weighted by atomic mass is 9.99. The van der Waals surface area contributed by atoms with Gasteiger partial charge in [-0.1, -0.05) is 6.92 Å². The van der Waals surface area contributed by atoms with Crippen molar-refractivity contribution in [1.29, 1.82) is 0 Å². The molecule has 0 aliphatic carbocycles. The molecule has 0 aromatic heterocycles. The molecular weight excluding hydrogens is 160 g/mol. The maximum Gasteiger partial charge on any atom is 0.306 e. The summed E-state index contributed by atoms with van der Waals surface area (Å²) in [4.78, 5) is 10.5. The molecule has 0 aromatic rings. The number of aliphatic hydroxyl groups excluding tert-OH is 1. The molecule has 0 aromatic carbocycles. The van der Waals surface area contributed by atoms with Gasteiger partial charge in [0.1, 0.15) is 0 Å². The van der Waals surface area contributed by atoms with Gasteiger partial charge in [0.15, 0.2) is 0 Å². The number of methoxy groups -OCH3 is 1. The lowest BCUT2D eigenvalue weighted by Gasteiger charge is -2.13. The number of aliphatic hydroxyl groups is 1. The van der Waals surface area contributed by atoms with E-state index in [1.807, 2.05) is 0 Å². The van der Waals surface area contributed by atoms with Gasteiger partial charge in [-0.25, -0.2) is 0 Å². The van der Waals surface area contributed by atoms with Gasteiger partial charge in [0.25, 0.3) is 0 Å². The van der Waals surface area contributed by atoms with Gasteiger partial charge in [0.2, 0.25) is 0 Å². The molecule has 0 rings (SSSR count).